The minimum Gasteiger partial charge on any atom is -0.504 e. The van der Waals surface area contributed by atoms with E-state index >= 15 is 9.59 Å². The number of cyclic esters (lactones) is 2. The molecular formula is C89H74O21. The molecule has 12 aromatic rings. The number of carbonyl (C=O) groups is 4. The zero-order valence-electron chi connectivity index (χ0n) is 59.1. The van der Waals surface area contributed by atoms with Crippen LogP contribution in [0.15, 0.2) is 267 Å². The molecule has 1 aliphatic heterocycles. The maximum absolute atomic E-state index is 16.2. The van der Waals surface area contributed by atoms with E-state index in [1.54, 1.807) is 218 Å². The minimum absolute atomic E-state index is 0.135. The highest BCUT2D eigenvalue weighted by molar-refractivity contribution is 6.08. The lowest BCUT2D eigenvalue weighted by Crippen LogP contribution is -2.52. The highest BCUT2D eigenvalue weighted by Gasteiger charge is 2.48. The second-order valence-corrected chi connectivity index (χ2v) is 25.9. The van der Waals surface area contributed by atoms with Crippen LogP contribution in [0.2, 0.25) is 0 Å². The van der Waals surface area contributed by atoms with E-state index in [1.807, 2.05) is 24.3 Å². The Bertz CT molecular complexity index is 5010. The van der Waals surface area contributed by atoms with Crippen LogP contribution in [0.1, 0.15) is 97.1 Å². The average Bonchev–Trinajstić information content (AvgIpc) is 0.749. The number of carboxylic acid groups (broad SMARTS) is 2. The molecule has 1 aliphatic rings. The molecular weight excluding hydrogens is 1400 g/mol. The van der Waals surface area contributed by atoms with Crippen molar-refractivity contribution in [3.05, 3.63) is 345 Å². The molecule has 0 spiro atoms. The van der Waals surface area contributed by atoms with Crippen molar-refractivity contribution in [2.45, 2.75) is 77.4 Å². The van der Waals surface area contributed by atoms with Crippen LogP contribution < -0.4 is 37.9 Å². The fourth-order valence-electron chi connectivity index (χ4n) is 12.7. The molecule has 0 saturated carbocycles. The number of ether oxygens (including phenoxy) is 10. The number of hydrogen-bond acceptors (Lipinski definition) is 19. The summed E-state index contributed by atoms with van der Waals surface area (Å²) in [6, 6.07) is 74.7. The number of aliphatic hydroxyl groups is 1. The maximum atomic E-state index is 16.2. The third kappa shape index (κ3) is 17.6. The first-order valence-electron chi connectivity index (χ1n) is 35.0. The van der Waals surface area contributed by atoms with Crippen molar-refractivity contribution in [1.29, 1.82) is 0 Å². The van der Waals surface area contributed by atoms with Crippen LogP contribution in [-0.4, -0.2) is 77.9 Å². The van der Waals surface area contributed by atoms with Gasteiger partial charge in [-0.3, -0.25) is 0 Å². The number of benzene rings is 12. The SMILES string of the molecule is O=C(O)c1cc(OCc2ccccc2)c(OCc2ccccc2)c(OCc2ccccc2)c1CC(O)(Cc1c(C(=O)O)cc(OCc2ccccc2)c(OCc2ccccc2)c1OCc1ccccc1)C1COC(=O)c2cc(O)c(OCc3ccccc3)c(O)c2-c2c(cc(O)c(OCc3ccccc3)c2O)C(=O)O1. The van der Waals surface area contributed by atoms with Gasteiger partial charge in [-0.1, -0.05) is 243 Å². The van der Waals surface area contributed by atoms with Gasteiger partial charge in [-0.2, -0.15) is 0 Å². The molecule has 21 heteroatoms. The summed E-state index contributed by atoms with van der Waals surface area (Å²) >= 11 is 0. The van der Waals surface area contributed by atoms with Crippen molar-refractivity contribution >= 4 is 23.9 Å². The Balaban J connectivity index is 1.06. The molecule has 0 radical (unpaired) electrons. The van der Waals surface area contributed by atoms with Crippen LogP contribution in [0, 0.1) is 0 Å². The van der Waals surface area contributed by atoms with Gasteiger partial charge in [0, 0.05) is 35.1 Å². The van der Waals surface area contributed by atoms with Crippen molar-refractivity contribution in [3.8, 4) is 80.1 Å². The number of rotatable bonds is 31. The number of aromatic carboxylic acids is 2. The first-order chi connectivity index (χ1) is 53.5. The van der Waals surface area contributed by atoms with E-state index in [9.17, 15) is 45.3 Å². The van der Waals surface area contributed by atoms with Gasteiger partial charge < -0.3 is 83.1 Å². The zero-order valence-corrected chi connectivity index (χ0v) is 59.1. The Hall–Kier alpha value is -13.9. The number of fused-ring (bicyclic) bond motifs is 3. The summed E-state index contributed by atoms with van der Waals surface area (Å²) in [5.41, 5.74) is -3.11. The average molecular weight is 1480 g/mol. The summed E-state index contributed by atoms with van der Waals surface area (Å²) in [6.07, 6.45) is -4.51. The summed E-state index contributed by atoms with van der Waals surface area (Å²) in [4.78, 5) is 60.8. The molecule has 7 N–H and O–H groups in total. The van der Waals surface area contributed by atoms with Gasteiger partial charge in [0.2, 0.25) is 23.0 Å². The lowest BCUT2D eigenvalue weighted by Gasteiger charge is -2.38. The van der Waals surface area contributed by atoms with Gasteiger partial charge >= 0.3 is 23.9 Å². The van der Waals surface area contributed by atoms with E-state index in [2.05, 4.69) is 0 Å². The van der Waals surface area contributed by atoms with Crippen LogP contribution in [0.4, 0.5) is 0 Å². The van der Waals surface area contributed by atoms with Gasteiger partial charge in [0.15, 0.2) is 52.1 Å². The normalized spacial score (nSPS) is 12.6. The lowest BCUT2D eigenvalue weighted by molar-refractivity contribution is -0.106. The third-order valence-corrected chi connectivity index (χ3v) is 18.2. The van der Waals surface area contributed by atoms with Gasteiger partial charge in [-0.15, -0.1) is 0 Å². The Labute approximate surface area is 632 Å². The molecule has 0 saturated heterocycles. The van der Waals surface area contributed by atoms with E-state index in [-0.39, 0.29) is 98.5 Å². The highest BCUT2D eigenvalue weighted by atomic mass is 16.6. The van der Waals surface area contributed by atoms with Crippen LogP contribution >= 0.6 is 0 Å². The van der Waals surface area contributed by atoms with Crippen LogP contribution in [0.5, 0.6) is 69.0 Å². The number of phenols is 4. The largest absolute Gasteiger partial charge is 0.504 e. The Morgan fingerprint density at radius 1 is 0.345 bits per heavy atom. The molecule has 13 rings (SSSR count). The second kappa shape index (κ2) is 34.5. The Kier molecular flexibility index (Phi) is 23.4. The van der Waals surface area contributed by atoms with Gasteiger partial charge in [0.05, 0.1) is 22.3 Å². The topological polar surface area (TPSA) is 302 Å². The minimum atomic E-state index is -3.07. The van der Waals surface area contributed by atoms with Crippen molar-refractivity contribution in [2.75, 3.05) is 6.61 Å². The van der Waals surface area contributed by atoms with E-state index in [4.69, 9.17) is 47.4 Å². The van der Waals surface area contributed by atoms with Crippen molar-refractivity contribution < 1.29 is 102 Å². The molecule has 0 aliphatic carbocycles. The monoisotopic (exact) mass is 1480 g/mol. The molecule has 0 amide bonds. The fraction of sp³-hybridized carbons (Fsp3) is 0.146. The first-order valence-corrected chi connectivity index (χ1v) is 35.0. The first kappa shape index (κ1) is 74.4. The molecule has 1 unspecified atom stereocenters. The molecule has 0 fully saturated rings. The molecule has 556 valence electrons. The number of phenolic OH excluding ortho intramolecular Hbond substituents is 4. The smallest absolute Gasteiger partial charge is 0.339 e. The van der Waals surface area contributed by atoms with Gasteiger partial charge in [-0.05, 0) is 68.8 Å². The van der Waals surface area contributed by atoms with Crippen LogP contribution in [-0.2, 0) is 75.2 Å². The van der Waals surface area contributed by atoms with Crippen LogP contribution in [0.3, 0.4) is 0 Å². The number of carbonyl (C=O) groups excluding carboxylic acids is 2. The quantitative estimate of drug-likeness (QED) is 0.0199. The fourth-order valence-corrected chi connectivity index (χ4v) is 12.7. The van der Waals surface area contributed by atoms with Crippen molar-refractivity contribution in [3.63, 3.8) is 0 Å². The molecule has 21 nitrogen and oxygen atoms in total. The summed E-state index contributed by atoms with van der Waals surface area (Å²) in [5.74, 6) is -12.6. The summed E-state index contributed by atoms with van der Waals surface area (Å²) in [7, 11) is 0. The van der Waals surface area contributed by atoms with Crippen molar-refractivity contribution in [2.24, 2.45) is 0 Å². The van der Waals surface area contributed by atoms with Gasteiger partial charge in [-0.25, -0.2) is 19.2 Å². The molecule has 12 aromatic carbocycles. The second-order valence-electron chi connectivity index (χ2n) is 25.9. The van der Waals surface area contributed by atoms with E-state index in [1.165, 1.54) is 12.1 Å². The molecule has 0 aromatic heterocycles. The van der Waals surface area contributed by atoms with Gasteiger partial charge in [0.25, 0.3) is 0 Å². The standard InChI is InChI=1S/C89H74O21/c90-70-41-66-75(77(92)81(70)105-51-60-33-17-5-18-34-60)76-67(42-71(91)82(78(76)93)106-52-61-35-19-6-20-36-61)88(99)110-74(55-109-87(66)98)89(100,45-68-64(85(94)95)43-72(101-47-56-25-9-1-10-26-56)83(107-53-62-37-21-7-22-38-62)79(68)103-49-58-29-13-3-14-30-58)46-69-65(86(96)97)44-73(102-48-57-27-11-2-12-28-57)84(108-54-63-39-23-8-24-40-63)80(69)104-50-59-31-15-4-16-32-59/h1-44,74,90-93,100H,45-55H2,(H,94,95)(H,96,97). The molecule has 1 heterocycles. The lowest BCUT2D eigenvalue weighted by atomic mass is 9.80. The zero-order chi connectivity index (χ0) is 76.5. The van der Waals surface area contributed by atoms with Crippen molar-refractivity contribution in [1.82, 2.24) is 0 Å². The van der Waals surface area contributed by atoms with Crippen LogP contribution in [0.25, 0.3) is 11.1 Å². The van der Waals surface area contributed by atoms with E-state index in [0.717, 1.165) is 12.1 Å². The molecule has 0 bridgehead atoms. The Morgan fingerprint density at radius 2 is 0.600 bits per heavy atom. The number of aromatic hydroxyl groups is 4. The highest BCUT2D eigenvalue weighted by Crippen LogP contribution is 2.55. The molecule has 110 heavy (non-hydrogen) atoms. The predicted octanol–water partition coefficient (Wildman–Crippen LogP) is 16.1. The summed E-state index contributed by atoms with van der Waals surface area (Å²) in [5, 5.41) is 87.9. The molecule has 1 atom stereocenters. The summed E-state index contributed by atoms with van der Waals surface area (Å²) in [6.45, 7) is -3.02. The maximum Gasteiger partial charge on any atom is 0.339 e. The van der Waals surface area contributed by atoms with Gasteiger partial charge in [0.1, 0.15) is 65.1 Å². The van der Waals surface area contributed by atoms with E-state index in [0.29, 0.717) is 44.5 Å². The number of hydrogen-bond donors (Lipinski definition) is 7. The number of esters is 2. The third-order valence-electron chi connectivity index (χ3n) is 18.2. The Morgan fingerprint density at radius 3 is 0.882 bits per heavy atom. The predicted molar refractivity (Wildman–Crippen MR) is 403 cm³/mol. The summed E-state index contributed by atoms with van der Waals surface area (Å²) < 4.78 is 65.2. The number of carboxylic acids is 2. The van der Waals surface area contributed by atoms with E-state index < -0.39 is 123 Å².